The third-order valence-electron chi connectivity index (χ3n) is 6.94. The van der Waals surface area contributed by atoms with Crippen molar-refractivity contribution < 1.29 is 23.8 Å². The van der Waals surface area contributed by atoms with Crippen LogP contribution in [0.1, 0.15) is 61.0 Å². The van der Waals surface area contributed by atoms with Gasteiger partial charge in [0, 0.05) is 13.0 Å². The van der Waals surface area contributed by atoms with Gasteiger partial charge in [0.05, 0.1) is 42.4 Å². The summed E-state index contributed by atoms with van der Waals surface area (Å²) >= 11 is 0. The zero-order valence-corrected chi connectivity index (χ0v) is 24.7. The van der Waals surface area contributed by atoms with Crippen molar-refractivity contribution in [3.8, 4) is 17.2 Å². The van der Waals surface area contributed by atoms with E-state index in [2.05, 4.69) is 10.6 Å². The molecule has 0 radical (unpaired) electrons. The zero-order valence-electron chi connectivity index (χ0n) is 24.7. The molecule has 0 bridgehead atoms. The van der Waals surface area contributed by atoms with Crippen LogP contribution in [0.3, 0.4) is 0 Å². The highest BCUT2D eigenvalue weighted by Crippen LogP contribution is 2.40. The Morgan fingerprint density at radius 1 is 0.952 bits per heavy atom. The van der Waals surface area contributed by atoms with Crippen molar-refractivity contribution in [3.63, 3.8) is 0 Å². The molecule has 3 aromatic carbocycles. The van der Waals surface area contributed by atoms with Crippen LogP contribution >= 0.6 is 0 Å². The minimum atomic E-state index is -0.530. The first kappa shape index (κ1) is 30.2. The number of carbonyl (C=O) groups is 2. The first-order valence-corrected chi connectivity index (χ1v) is 14.1. The Hall–Kier alpha value is -4.72. The van der Waals surface area contributed by atoms with E-state index in [1.165, 1.54) is 0 Å². The van der Waals surface area contributed by atoms with Gasteiger partial charge in [-0.3, -0.25) is 9.59 Å². The number of carbonyl (C=O) groups excluding carboxylic acids is 2. The summed E-state index contributed by atoms with van der Waals surface area (Å²) in [5.41, 5.74) is 9.49. The second-order valence-electron chi connectivity index (χ2n) is 10.6. The van der Waals surface area contributed by atoms with E-state index in [-0.39, 0.29) is 11.7 Å². The SMILES string of the molecule is COc1ccc(/C=C/C(=O)c2ccc(OC)c3c2OC(C)(C)C=C3)cc1NCCCCCC(=O)Nc1ccccc1N. The van der Waals surface area contributed by atoms with Crippen LogP contribution < -0.4 is 30.6 Å². The van der Waals surface area contributed by atoms with E-state index >= 15 is 0 Å². The van der Waals surface area contributed by atoms with Gasteiger partial charge in [0.1, 0.15) is 22.8 Å². The fourth-order valence-electron chi connectivity index (χ4n) is 4.67. The molecule has 1 aliphatic rings. The van der Waals surface area contributed by atoms with Gasteiger partial charge in [-0.2, -0.15) is 0 Å². The second kappa shape index (κ2) is 13.8. The molecule has 0 saturated carbocycles. The Kier molecular flexibility index (Phi) is 9.91. The summed E-state index contributed by atoms with van der Waals surface area (Å²) in [6, 6.07) is 16.5. The monoisotopic (exact) mass is 569 g/mol. The summed E-state index contributed by atoms with van der Waals surface area (Å²) in [5, 5.41) is 6.28. The van der Waals surface area contributed by atoms with Crippen molar-refractivity contribution in [3.05, 3.63) is 83.4 Å². The quantitative estimate of drug-likeness (QED) is 0.0881. The molecule has 8 nitrogen and oxygen atoms in total. The lowest BCUT2D eigenvalue weighted by molar-refractivity contribution is -0.116. The summed E-state index contributed by atoms with van der Waals surface area (Å²) in [6.07, 6.45) is 10.2. The van der Waals surface area contributed by atoms with Gasteiger partial charge in [0.2, 0.25) is 5.91 Å². The number of nitrogens with one attached hydrogen (secondary N) is 2. The number of fused-ring (bicyclic) bond motifs is 1. The van der Waals surface area contributed by atoms with Crippen molar-refractivity contribution in [2.75, 3.05) is 37.1 Å². The van der Waals surface area contributed by atoms with Crippen LogP contribution in [-0.4, -0.2) is 38.1 Å². The van der Waals surface area contributed by atoms with Gasteiger partial charge in [-0.1, -0.05) is 30.7 Å². The molecular weight excluding hydrogens is 530 g/mol. The number of ether oxygens (including phenoxy) is 3. The molecule has 220 valence electrons. The molecule has 4 rings (SSSR count). The first-order valence-electron chi connectivity index (χ1n) is 14.1. The van der Waals surface area contributed by atoms with Crippen LogP contribution in [0.5, 0.6) is 17.2 Å². The molecule has 1 heterocycles. The van der Waals surface area contributed by atoms with Gasteiger partial charge in [-0.25, -0.2) is 0 Å². The molecule has 0 fully saturated rings. The lowest BCUT2D eigenvalue weighted by Crippen LogP contribution is -2.28. The molecule has 3 aromatic rings. The Morgan fingerprint density at radius 2 is 1.71 bits per heavy atom. The number of allylic oxidation sites excluding steroid dienone is 1. The smallest absolute Gasteiger partial charge is 0.224 e. The fourth-order valence-corrected chi connectivity index (χ4v) is 4.67. The average Bonchev–Trinajstić information content (AvgIpc) is 2.97. The third-order valence-corrected chi connectivity index (χ3v) is 6.94. The van der Waals surface area contributed by atoms with Crippen LogP contribution in [0.2, 0.25) is 0 Å². The van der Waals surface area contributed by atoms with E-state index in [0.717, 1.165) is 36.1 Å². The summed E-state index contributed by atoms with van der Waals surface area (Å²) in [6.45, 7) is 4.61. The number of hydrogen-bond donors (Lipinski definition) is 3. The summed E-state index contributed by atoms with van der Waals surface area (Å²) in [4.78, 5) is 25.5. The number of nitrogen functional groups attached to an aromatic ring is 1. The number of nitrogens with two attached hydrogens (primary N) is 1. The van der Waals surface area contributed by atoms with Crippen molar-refractivity contribution in [2.24, 2.45) is 0 Å². The lowest BCUT2D eigenvalue weighted by Gasteiger charge is -2.29. The number of amides is 1. The van der Waals surface area contributed by atoms with Gasteiger partial charge in [-0.05, 0) is 86.9 Å². The number of anilines is 3. The average molecular weight is 570 g/mol. The molecule has 42 heavy (non-hydrogen) atoms. The van der Waals surface area contributed by atoms with Crippen molar-refractivity contribution in [1.82, 2.24) is 0 Å². The fraction of sp³-hybridized carbons (Fsp3) is 0.294. The molecule has 4 N–H and O–H groups in total. The molecule has 0 saturated heterocycles. The Morgan fingerprint density at radius 3 is 2.48 bits per heavy atom. The van der Waals surface area contributed by atoms with Gasteiger partial charge in [0.25, 0.3) is 0 Å². The highest BCUT2D eigenvalue weighted by molar-refractivity contribution is 6.09. The summed E-state index contributed by atoms with van der Waals surface area (Å²) in [5.74, 6) is 1.69. The summed E-state index contributed by atoms with van der Waals surface area (Å²) in [7, 11) is 3.23. The molecule has 1 amide bonds. The minimum Gasteiger partial charge on any atom is -0.496 e. The Bertz CT molecular complexity index is 1490. The molecule has 0 aliphatic carbocycles. The molecule has 8 heteroatoms. The number of ketones is 1. The highest BCUT2D eigenvalue weighted by Gasteiger charge is 2.27. The molecule has 0 atom stereocenters. The predicted octanol–water partition coefficient (Wildman–Crippen LogP) is 6.98. The van der Waals surface area contributed by atoms with E-state index in [4.69, 9.17) is 19.9 Å². The van der Waals surface area contributed by atoms with E-state index < -0.39 is 5.60 Å². The van der Waals surface area contributed by atoms with Crippen LogP contribution in [0.15, 0.2) is 66.7 Å². The number of rotatable bonds is 13. The van der Waals surface area contributed by atoms with Crippen molar-refractivity contribution >= 4 is 40.9 Å². The van der Waals surface area contributed by atoms with Gasteiger partial charge < -0.3 is 30.6 Å². The maximum absolute atomic E-state index is 13.2. The number of methoxy groups -OCH3 is 2. The summed E-state index contributed by atoms with van der Waals surface area (Å²) < 4.78 is 17.1. The predicted molar refractivity (Wildman–Crippen MR) is 170 cm³/mol. The standard InChI is InChI=1S/C34H39N3O5/c1-34(2)20-19-25-30(40-3)18-15-24(33(25)42-34)29(38)16-13-23-14-17-31(41-4)28(22-23)36-21-9-5-6-12-32(39)37-27-11-8-7-10-26(27)35/h7-8,10-11,13-20,22,36H,5-6,9,12,21,35H2,1-4H3,(H,37,39)/b16-13+. The van der Waals surface area contributed by atoms with Gasteiger partial charge in [-0.15, -0.1) is 0 Å². The molecule has 1 aliphatic heterocycles. The molecular formula is C34H39N3O5. The molecule has 0 unspecified atom stereocenters. The number of unbranched alkanes of at least 4 members (excludes halogenated alkanes) is 2. The van der Waals surface area contributed by atoms with Gasteiger partial charge >= 0.3 is 0 Å². The lowest BCUT2D eigenvalue weighted by atomic mass is 9.97. The zero-order chi connectivity index (χ0) is 30.1. The largest absolute Gasteiger partial charge is 0.496 e. The van der Waals surface area contributed by atoms with E-state index in [0.29, 0.717) is 47.2 Å². The van der Waals surface area contributed by atoms with Crippen molar-refractivity contribution in [1.29, 1.82) is 0 Å². The van der Waals surface area contributed by atoms with Crippen LogP contribution in [0.4, 0.5) is 17.1 Å². The van der Waals surface area contributed by atoms with E-state index in [1.54, 1.807) is 50.6 Å². The maximum atomic E-state index is 13.2. The van der Waals surface area contributed by atoms with Crippen LogP contribution in [0.25, 0.3) is 12.2 Å². The minimum absolute atomic E-state index is 0.0431. The van der Waals surface area contributed by atoms with Crippen LogP contribution in [-0.2, 0) is 4.79 Å². The van der Waals surface area contributed by atoms with Crippen molar-refractivity contribution in [2.45, 2.75) is 45.1 Å². The van der Waals surface area contributed by atoms with Gasteiger partial charge in [0.15, 0.2) is 5.78 Å². The third kappa shape index (κ3) is 7.72. The van der Waals surface area contributed by atoms with E-state index in [9.17, 15) is 9.59 Å². The Labute approximate surface area is 247 Å². The molecule has 0 aromatic heterocycles. The van der Waals surface area contributed by atoms with E-state index in [1.807, 2.05) is 56.3 Å². The molecule has 0 spiro atoms. The normalized spacial score (nSPS) is 13.2. The number of hydrogen-bond acceptors (Lipinski definition) is 7. The van der Waals surface area contributed by atoms with Crippen LogP contribution in [0, 0.1) is 0 Å². The number of benzene rings is 3. The number of para-hydroxylation sites is 2. The second-order valence-corrected chi connectivity index (χ2v) is 10.6. The maximum Gasteiger partial charge on any atom is 0.224 e. The topological polar surface area (TPSA) is 112 Å². The Balaban J connectivity index is 1.32. The highest BCUT2D eigenvalue weighted by atomic mass is 16.5. The first-order chi connectivity index (χ1) is 20.2.